The molecule has 2 atom stereocenters. The zero-order valence-corrected chi connectivity index (χ0v) is 26.3. The molecular weight excluding hydrogens is 610 g/mol. The predicted molar refractivity (Wildman–Crippen MR) is 151 cm³/mol. The van der Waals surface area contributed by atoms with E-state index in [1.807, 2.05) is 13.8 Å². The maximum absolute atomic E-state index is 12.6. The Hall–Kier alpha value is -1.17. The van der Waals surface area contributed by atoms with Gasteiger partial charge < -0.3 is 14.3 Å². The van der Waals surface area contributed by atoms with E-state index < -0.39 is 20.8 Å². The van der Waals surface area contributed by atoms with Crippen molar-refractivity contribution in [1.29, 1.82) is 0 Å². The highest BCUT2D eigenvalue weighted by atomic mass is 127. The zero-order chi connectivity index (χ0) is 28.1. The third-order valence-electron chi connectivity index (χ3n) is 7.51. The van der Waals surface area contributed by atoms with Crippen molar-refractivity contribution in [3.63, 3.8) is 0 Å². The van der Waals surface area contributed by atoms with Crippen LogP contribution in [-0.4, -0.2) is 24.8 Å². The number of benzene rings is 1. The number of nitrogens with zero attached hydrogens (tertiary/aromatic N) is 1. The monoisotopic (exact) mass is 649 g/mol. The van der Waals surface area contributed by atoms with Gasteiger partial charge in [-0.15, -0.1) is 13.2 Å². The number of fused-ring (bicyclic) bond motifs is 1. The van der Waals surface area contributed by atoms with Crippen molar-refractivity contribution in [1.82, 2.24) is 4.98 Å². The van der Waals surface area contributed by atoms with Crippen LogP contribution in [0, 0.1) is 8.99 Å². The second kappa shape index (κ2) is 10.4. The third kappa shape index (κ3) is 6.89. The van der Waals surface area contributed by atoms with Crippen molar-refractivity contribution in [3.8, 4) is 5.75 Å². The molecule has 37 heavy (non-hydrogen) atoms. The molecular formula is C28H39F3INO3Si. The van der Waals surface area contributed by atoms with Crippen LogP contribution in [0.5, 0.6) is 5.75 Å². The van der Waals surface area contributed by atoms with E-state index >= 15 is 0 Å². The first-order chi connectivity index (χ1) is 16.7. The number of hydrogen-bond donors (Lipinski definition) is 1. The quantitative estimate of drug-likeness (QED) is 0.251. The Morgan fingerprint density at radius 3 is 2.16 bits per heavy atom. The lowest BCUT2D eigenvalue weighted by atomic mass is 9.74. The fraction of sp³-hybridized carbons (Fsp3) is 0.607. The van der Waals surface area contributed by atoms with E-state index in [1.165, 1.54) is 24.3 Å². The number of halogens is 4. The Bertz CT molecular complexity index is 1130. The van der Waals surface area contributed by atoms with Crippen molar-refractivity contribution in [2.75, 3.05) is 0 Å². The number of alkyl halides is 3. The summed E-state index contributed by atoms with van der Waals surface area (Å²) in [5.41, 5.74) is 4.04. The predicted octanol–water partition coefficient (Wildman–Crippen LogP) is 8.83. The summed E-state index contributed by atoms with van der Waals surface area (Å²) in [4.78, 5) is 5.12. The van der Waals surface area contributed by atoms with Crippen LogP contribution >= 0.6 is 22.6 Å². The van der Waals surface area contributed by atoms with Crippen LogP contribution < -0.4 is 4.74 Å². The summed E-state index contributed by atoms with van der Waals surface area (Å²) in [5.74, 6) is -0.281. The van der Waals surface area contributed by atoms with Crippen LogP contribution in [0.15, 0.2) is 24.3 Å². The van der Waals surface area contributed by atoms with Crippen molar-refractivity contribution in [3.05, 3.63) is 55.9 Å². The maximum Gasteiger partial charge on any atom is 0.573 e. The highest BCUT2D eigenvalue weighted by Crippen LogP contribution is 2.50. The van der Waals surface area contributed by atoms with Gasteiger partial charge in [0.05, 0.1) is 11.8 Å². The van der Waals surface area contributed by atoms with Gasteiger partial charge in [0.15, 0.2) is 8.32 Å². The van der Waals surface area contributed by atoms with Crippen LogP contribution in [0.1, 0.15) is 101 Å². The first kappa shape index (κ1) is 30.4. The lowest BCUT2D eigenvalue weighted by Crippen LogP contribution is -2.44. The van der Waals surface area contributed by atoms with Crippen molar-refractivity contribution in [2.24, 2.45) is 5.41 Å². The number of pyridine rings is 1. The highest BCUT2D eigenvalue weighted by molar-refractivity contribution is 14.1. The van der Waals surface area contributed by atoms with Gasteiger partial charge in [0.2, 0.25) is 0 Å². The number of aliphatic hydroxyl groups excluding tert-OH is 1. The highest BCUT2D eigenvalue weighted by Gasteiger charge is 2.44. The van der Waals surface area contributed by atoms with Gasteiger partial charge in [0.1, 0.15) is 11.9 Å². The SMILES string of the molecule is CC(C)c1nc2c(c(I)c1C(O)c1ccc(OC(F)(F)F)cc1)[C@H](O[Si](C)(C)C(C)(C)C)CC(C)(C)C2. The van der Waals surface area contributed by atoms with E-state index in [9.17, 15) is 18.3 Å². The fourth-order valence-electron chi connectivity index (χ4n) is 4.59. The Labute approximate surface area is 233 Å². The van der Waals surface area contributed by atoms with Crippen LogP contribution in [0.3, 0.4) is 0 Å². The lowest BCUT2D eigenvalue weighted by Gasteiger charge is -2.44. The first-order valence-corrected chi connectivity index (χ1v) is 16.6. The molecule has 1 aliphatic carbocycles. The molecule has 0 aliphatic heterocycles. The maximum atomic E-state index is 12.6. The zero-order valence-electron chi connectivity index (χ0n) is 23.2. The molecule has 1 aliphatic rings. The van der Waals surface area contributed by atoms with Gasteiger partial charge in [0.25, 0.3) is 0 Å². The first-order valence-electron chi connectivity index (χ1n) is 12.7. The molecule has 0 fully saturated rings. The van der Waals surface area contributed by atoms with Crippen LogP contribution in [0.25, 0.3) is 0 Å². The molecule has 1 N–H and O–H groups in total. The molecule has 1 unspecified atom stereocenters. The minimum absolute atomic E-state index is 0.0127. The van der Waals surface area contributed by atoms with E-state index in [1.54, 1.807) is 0 Å². The second-order valence-electron chi connectivity index (χ2n) is 12.7. The fourth-order valence-corrected chi connectivity index (χ4v) is 7.09. The van der Waals surface area contributed by atoms with Crippen LogP contribution in [-0.2, 0) is 10.8 Å². The smallest absolute Gasteiger partial charge is 0.410 e. The van der Waals surface area contributed by atoms with Crippen molar-refractivity contribution >= 4 is 30.9 Å². The Morgan fingerprint density at radius 2 is 1.68 bits per heavy atom. The van der Waals surface area contributed by atoms with Gasteiger partial charge in [-0.25, -0.2) is 0 Å². The van der Waals surface area contributed by atoms with E-state index in [0.717, 1.165) is 33.4 Å². The van der Waals surface area contributed by atoms with Gasteiger partial charge >= 0.3 is 6.36 Å². The molecule has 0 spiro atoms. The third-order valence-corrected chi connectivity index (χ3v) is 13.2. The Morgan fingerprint density at radius 1 is 1.11 bits per heavy atom. The molecule has 0 amide bonds. The van der Waals surface area contributed by atoms with Crippen LogP contribution in [0.2, 0.25) is 18.1 Å². The summed E-state index contributed by atoms with van der Waals surface area (Å²) in [6, 6.07) is 5.40. The van der Waals surface area contributed by atoms with E-state index in [-0.39, 0.29) is 28.2 Å². The van der Waals surface area contributed by atoms with E-state index in [0.29, 0.717) is 11.1 Å². The van der Waals surface area contributed by atoms with E-state index in [4.69, 9.17) is 9.41 Å². The summed E-state index contributed by atoms with van der Waals surface area (Å²) < 4.78 is 49.7. The number of aromatic nitrogens is 1. The second-order valence-corrected chi connectivity index (χ2v) is 18.5. The van der Waals surface area contributed by atoms with Gasteiger partial charge in [-0.1, -0.05) is 60.6 Å². The minimum Gasteiger partial charge on any atom is -0.410 e. The lowest BCUT2D eigenvalue weighted by molar-refractivity contribution is -0.274. The summed E-state index contributed by atoms with van der Waals surface area (Å²) in [5, 5.41) is 11.6. The average molecular weight is 650 g/mol. The number of hydrogen-bond acceptors (Lipinski definition) is 4. The van der Waals surface area contributed by atoms with Gasteiger partial charge in [-0.3, -0.25) is 4.98 Å². The molecule has 9 heteroatoms. The molecule has 0 saturated heterocycles. The average Bonchev–Trinajstić information content (AvgIpc) is 2.70. The molecule has 3 rings (SSSR count). The standard InChI is InChI=1S/C28H39F3INO3Si/c1-16(2)24-22(25(34)17-10-12-18(13-11-17)35-28(29,30)31)23(32)21-19(33-24)14-27(6,7)15-20(21)36-37(8,9)26(3,4)5/h10-13,16,20,25,34H,14-15H2,1-9H3/t20-,25?/m1/s1. The largest absolute Gasteiger partial charge is 0.573 e. The van der Waals surface area contributed by atoms with E-state index in [2.05, 4.69) is 75.0 Å². The minimum atomic E-state index is -4.77. The molecule has 206 valence electrons. The summed E-state index contributed by atoms with van der Waals surface area (Å²) in [6.07, 6.45) is -4.30. The van der Waals surface area contributed by atoms with Gasteiger partial charge in [-0.05, 0) is 82.6 Å². The van der Waals surface area contributed by atoms with Gasteiger partial charge in [-0.2, -0.15) is 0 Å². The molecule has 0 saturated carbocycles. The normalized spacial score (nSPS) is 19.1. The van der Waals surface area contributed by atoms with Crippen molar-refractivity contribution < 1.29 is 27.4 Å². The molecule has 1 aromatic carbocycles. The summed E-state index contributed by atoms with van der Waals surface area (Å²) in [6.45, 7) is 19.7. The molecule has 2 aromatic rings. The molecule has 0 radical (unpaired) electrons. The summed E-state index contributed by atoms with van der Waals surface area (Å²) in [7, 11) is -2.12. The Kier molecular flexibility index (Phi) is 8.56. The molecule has 1 aromatic heterocycles. The number of rotatable bonds is 6. The van der Waals surface area contributed by atoms with Gasteiger partial charge in [0, 0.05) is 20.4 Å². The molecule has 0 bridgehead atoms. The Balaban J connectivity index is 2.13. The topological polar surface area (TPSA) is 51.6 Å². The molecule has 4 nitrogen and oxygen atoms in total. The molecule has 1 heterocycles. The summed E-state index contributed by atoms with van der Waals surface area (Å²) >= 11 is 2.31. The van der Waals surface area contributed by atoms with Crippen LogP contribution in [0.4, 0.5) is 13.2 Å². The van der Waals surface area contributed by atoms with Crippen molar-refractivity contribution in [2.45, 2.75) is 104 Å². The number of aliphatic hydroxyl groups is 1. The number of ether oxygens (including phenoxy) is 1.